The molecule has 74 valence electrons. The van der Waals surface area contributed by atoms with Crippen molar-refractivity contribution in [3.8, 4) is 0 Å². The van der Waals surface area contributed by atoms with Gasteiger partial charge in [0.05, 0.1) is 0 Å². The normalized spacial score (nSPS) is 9.00. The minimum atomic E-state index is -0.366. The fraction of sp³-hybridized carbons (Fsp3) is 0.455. The van der Waals surface area contributed by atoms with Crippen LogP contribution >= 0.6 is 0 Å². The Morgan fingerprint density at radius 3 is 2.31 bits per heavy atom. The molecule has 0 aliphatic rings. The first kappa shape index (κ1) is 12.1. The Hall–Kier alpha value is -0.920. The molecule has 0 saturated heterocycles. The molecule has 0 radical (unpaired) electrons. The van der Waals surface area contributed by atoms with E-state index in [1.165, 1.54) is 12.1 Å². The number of benzene rings is 1. The minimum Gasteiger partial charge on any atom is -0.207 e. The Morgan fingerprint density at radius 1 is 1.15 bits per heavy atom. The first-order valence-corrected chi connectivity index (χ1v) is 4.68. The summed E-state index contributed by atoms with van der Waals surface area (Å²) in [4.78, 5) is 0. The van der Waals surface area contributed by atoms with Crippen LogP contribution in [0.5, 0.6) is 0 Å². The van der Waals surface area contributed by atoms with Crippen molar-refractivity contribution in [2.24, 2.45) is 0 Å². The van der Waals surface area contributed by atoms with Crippen LogP contribution in [0.4, 0.5) is 8.78 Å². The van der Waals surface area contributed by atoms with Gasteiger partial charge in [-0.1, -0.05) is 27.2 Å². The third-order valence-electron chi connectivity index (χ3n) is 1.53. The maximum Gasteiger partial charge on any atom is 0.126 e. The van der Waals surface area contributed by atoms with Crippen molar-refractivity contribution in [1.29, 1.82) is 0 Å². The lowest BCUT2D eigenvalue weighted by molar-refractivity contribution is 0.583. The molecule has 0 N–H and O–H groups in total. The van der Waals surface area contributed by atoms with Gasteiger partial charge < -0.3 is 0 Å². The Labute approximate surface area is 78.6 Å². The average molecular weight is 186 g/mol. The highest BCUT2D eigenvalue weighted by Crippen LogP contribution is 2.10. The summed E-state index contributed by atoms with van der Waals surface area (Å²) < 4.78 is 25.3. The first-order valence-electron chi connectivity index (χ1n) is 4.68. The van der Waals surface area contributed by atoms with Crippen molar-refractivity contribution in [3.63, 3.8) is 0 Å². The SMILES string of the molecule is CC.CCCc1cc(F)ccc1F. The van der Waals surface area contributed by atoms with E-state index in [9.17, 15) is 8.78 Å². The van der Waals surface area contributed by atoms with Crippen LogP contribution in [0.1, 0.15) is 32.8 Å². The lowest BCUT2D eigenvalue weighted by Gasteiger charge is -1.99. The lowest BCUT2D eigenvalue weighted by atomic mass is 10.1. The molecule has 0 aliphatic heterocycles. The summed E-state index contributed by atoms with van der Waals surface area (Å²) in [6.45, 7) is 5.93. The Balaban J connectivity index is 0.000000671. The number of hydrogen-bond acceptors (Lipinski definition) is 0. The van der Waals surface area contributed by atoms with E-state index in [2.05, 4.69) is 0 Å². The Kier molecular flexibility index (Phi) is 6.11. The van der Waals surface area contributed by atoms with E-state index in [0.29, 0.717) is 12.0 Å². The van der Waals surface area contributed by atoms with Gasteiger partial charge >= 0.3 is 0 Å². The molecule has 1 rings (SSSR count). The van der Waals surface area contributed by atoms with Gasteiger partial charge in [0.2, 0.25) is 0 Å². The molecular formula is C11H16F2. The second-order valence-corrected chi connectivity index (χ2v) is 2.49. The van der Waals surface area contributed by atoms with Gasteiger partial charge in [-0.2, -0.15) is 0 Å². The molecule has 13 heavy (non-hydrogen) atoms. The van der Waals surface area contributed by atoms with Crippen LogP contribution < -0.4 is 0 Å². The molecule has 0 aliphatic carbocycles. The zero-order valence-electron chi connectivity index (χ0n) is 8.40. The fourth-order valence-corrected chi connectivity index (χ4v) is 1.00. The second kappa shape index (κ2) is 6.58. The van der Waals surface area contributed by atoms with Gasteiger partial charge in [-0.15, -0.1) is 0 Å². The van der Waals surface area contributed by atoms with Crippen LogP contribution in [-0.4, -0.2) is 0 Å². The van der Waals surface area contributed by atoms with Crippen molar-refractivity contribution in [2.45, 2.75) is 33.6 Å². The first-order chi connectivity index (χ1) is 6.24. The Bertz CT molecular complexity index is 244. The van der Waals surface area contributed by atoms with Crippen molar-refractivity contribution < 1.29 is 8.78 Å². The standard InChI is InChI=1S/C9H10F2.C2H6/c1-2-3-7-6-8(10)4-5-9(7)11;1-2/h4-6H,2-3H2,1H3;1-2H3. The topological polar surface area (TPSA) is 0 Å². The third kappa shape index (κ3) is 4.02. The van der Waals surface area contributed by atoms with Crippen LogP contribution in [0.25, 0.3) is 0 Å². The predicted molar refractivity (Wildman–Crippen MR) is 51.7 cm³/mol. The van der Waals surface area contributed by atoms with E-state index in [-0.39, 0.29) is 11.6 Å². The van der Waals surface area contributed by atoms with Gasteiger partial charge in [-0.05, 0) is 30.2 Å². The highest BCUT2D eigenvalue weighted by molar-refractivity contribution is 5.18. The van der Waals surface area contributed by atoms with Crippen molar-refractivity contribution >= 4 is 0 Å². The molecule has 0 unspecified atom stereocenters. The largest absolute Gasteiger partial charge is 0.207 e. The molecular weight excluding hydrogens is 170 g/mol. The predicted octanol–water partition coefficient (Wildman–Crippen LogP) is 3.94. The van der Waals surface area contributed by atoms with Gasteiger partial charge in [-0.25, -0.2) is 8.78 Å². The van der Waals surface area contributed by atoms with Gasteiger partial charge in [0.15, 0.2) is 0 Å². The molecule has 0 fully saturated rings. The maximum atomic E-state index is 12.8. The van der Waals surface area contributed by atoms with E-state index in [0.717, 1.165) is 12.5 Å². The van der Waals surface area contributed by atoms with E-state index in [1.54, 1.807) is 0 Å². The zero-order valence-corrected chi connectivity index (χ0v) is 8.40. The van der Waals surface area contributed by atoms with Crippen LogP contribution in [0.2, 0.25) is 0 Å². The van der Waals surface area contributed by atoms with Crippen molar-refractivity contribution in [2.75, 3.05) is 0 Å². The molecule has 0 aromatic heterocycles. The van der Waals surface area contributed by atoms with E-state index < -0.39 is 0 Å². The van der Waals surface area contributed by atoms with Gasteiger partial charge in [0.25, 0.3) is 0 Å². The van der Waals surface area contributed by atoms with E-state index >= 15 is 0 Å². The zero-order chi connectivity index (χ0) is 10.3. The summed E-state index contributed by atoms with van der Waals surface area (Å²) in [7, 11) is 0. The van der Waals surface area contributed by atoms with Crippen LogP contribution in [0.3, 0.4) is 0 Å². The summed E-state index contributed by atoms with van der Waals surface area (Å²) in [5.41, 5.74) is 0.465. The molecule has 0 heterocycles. The molecule has 0 nitrogen and oxygen atoms in total. The molecule has 1 aromatic carbocycles. The molecule has 0 saturated carbocycles. The molecule has 0 bridgehead atoms. The van der Waals surface area contributed by atoms with E-state index in [1.807, 2.05) is 20.8 Å². The minimum absolute atomic E-state index is 0.312. The van der Waals surface area contributed by atoms with Crippen molar-refractivity contribution in [3.05, 3.63) is 35.4 Å². The summed E-state index contributed by atoms with van der Waals surface area (Å²) in [5, 5.41) is 0. The van der Waals surface area contributed by atoms with Gasteiger partial charge in [-0.3, -0.25) is 0 Å². The number of aryl methyl sites for hydroxylation is 1. The summed E-state index contributed by atoms with van der Waals surface area (Å²) >= 11 is 0. The third-order valence-corrected chi connectivity index (χ3v) is 1.53. The van der Waals surface area contributed by atoms with E-state index in [4.69, 9.17) is 0 Å². The summed E-state index contributed by atoms with van der Waals surface area (Å²) in [5.74, 6) is -0.678. The molecule has 0 amide bonds. The highest BCUT2D eigenvalue weighted by Gasteiger charge is 2.01. The van der Waals surface area contributed by atoms with Crippen LogP contribution in [0, 0.1) is 11.6 Å². The van der Waals surface area contributed by atoms with Crippen LogP contribution in [-0.2, 0) is 6.42 Å². The molecule has 0 spiro atoms. The Morgan fingerprint density at radius 2 is 1.77 bits per heavy atom. The monoisotopic (exact) mass is 186 g/mol. The van der Waals surface area contributed by atoms with Crippen molar-refractivity contribution in [1.82, 2.24) is 0 Å². The van der Waals surface area contributed by atoms with Gasteiger partial charge in [0, 0.05) is 0 Å². The lowest BCUT2D eigenvalue weighted by Crippen LogP contribution is -1.90. The number of halogens is 2. The molecule has 0 atom stereocenters. The van der Waals surface area contributed by atoms with Crippen LogP contribution in [0.15, 0.2) is 18.2 Å². The molecule has 2 heteroatoms. The number of hydrogen-bond donors (Lipinski definition) is 0. The second-order valence-electron chi connectivity index (χ2n) is 2.49. The quantitative estimate of drug-likeness (QED) is 0.656. The number of rotatable bonds is 2. The summed E-state index contributed by atoms with van der Waals surface area (Å²) in [6.07, 6.45) is 1.43. The highest BCUT2D eigenvalue weighted by atomic mass is 19.1. The fourth-order valence-electron chi connectivity index (χ4n) is 1.00. The average Bonchev–Trinajstić information content (AvgIpc) is 2.15. The van der Waals surface area contributed by atoms with Gasteiger partial charge in [0.1, 0.15) is 11.6 Å². The molecule has 1 aromatic rings. The maximum absolute atomic E-state index is 12.8. The smallest absolute Gasteiger partial charge is 0.126 e. The summed E-state index contributed by atoms with van der Waals surface area (Å²) in [6, 6.07) is 3.55.